The zero-order valence-corrected chi connectivity index (χ0v) is 10.1. The predicted octanol–water partition coefficient (Wildman–Crippen LogP) is 0.127. The molecule has 4 N–H and O–H groups in total. The SMILES string of the molecule is CC(O)C(NC(=O)c1ccc2cn[nH]c2c1)C(=O)O. The molecule has 100 valence electrons. The van der Waals surface area contributed by atoms with E-state index in [4.69, 9.17) is 5.11 Å². The lowest BCUT2D eigenvalue weighted by Gasteiger charge is -2.16. The summed E-state index contributed by atoms with van der Waals surface area (Å²) in [5.41, 5.74) is 0.972. The van der Waals surface area contributed by atoms with Gasteiger partial charge in [0.1, 0.15) is 0 Å². The van der Waals surface area contributed by atoms with Gasteiger partial charge in [0.05, 0.1) is 17.8 Å². The van der Waals surface area contributed by atoms with Gasteiger partial charge in [-0.25, -0.2) is 4.79 Å². The van der Waals surface area contributed by atoms with E-state index >= 15 is 0 Å². The first kappa shape index (κ1) is 13.0. The number of nitrogens with zero attached hydrogens (tertiary/aromatic N) is 1. The first-order chi connectivity index (χ1) is 8.99. The molecule has 1 aromatic heterocycles. The van der Waals surface area contributed by atoms with Crippen molar-refractivity contribution in [1.29, 1.82) is 0 Å². The van der Waals surface area contributed by atoms with Gasteiger partial charge in [-0.15, -0.1) is 0 Å². The number of carbonyl (C=O) groups excluding carboxylic acids is 1. The Bertz CT molecular complexity index is 620. The maximum atomic E-state index is 11.9. The molecule has 0 aliphatic carbocycles. The van der Waals surface area contributed by atoms with Gasteiger partial charge in [0.2, 0.25) is 0 Å². The Balaban J connectivity index is 2.21. The van der Waals surface area contributed by atoms with Crippen LogP contribution in [-0.4, -0.2) is 44.4 Å². The molecule has 0 bridgehead atoms. The molecule has 2 aromatic rings. The molecule has 7 heteroatoms. The smallest absolute Gasteiger partial charge is 0.328 e. The van der Waals surface area contributed by atoms with Crippen molar-refractivity contribution in [2.24, 2.45) is 0 Å². The molecule has 19 heavy (non-hydrogen) atoms. The summed E-state index contributed by atoms with van der Waals surface area (Å²) in [6, 6.07) is 3.49. The second kappa shape index (κ2) is 5.07. The van der Waals surface area contributed by atoms with Crippen molar-refractivity contribution in [3.63, 3.8) is 0 Å². The fourth-order valence-corrected chi connectivity index (χ4v) is 1.69. The molecule has 0 fully saturated rings. The summed E-state index contributed by atoms with van der Waals surface area (Å²) >= 11 is 0. The van der Waals surface area contributed by atoms with E-state index in [1.165, 1.54) is 6.92 Å². The number of rotatable bonds is 4. The van der Waals surface area contributed by atoms with E-state index in [1.54, 1.807) is 24.4 Å². The monoisotopic (exact) mass is 263 g/mol. The molecule has 0 aliphatic heterocycles. The fraction of sp³-hybridized carbons (Fsp3) is 0.250. The fourth-order valence-electron chi connectivity index (χ4n) is 1.69. The van der Waals surface area contributed by atoms with Crippen LogP contribution in [0.15, 0.2) is 24.4 Å². The largest absolute Gasteiger partial charge is 0.480 e. The molecule has 2 rings (SSSR count). The van der Waals surface area contributed by atoms with Crippen molar-refractivity contribution in [3.8, 4) is 0 Å². The Labute approximate surface area is 108 Å². The Morgan fingerprint density at radius 3 is 2.79 bits per heavy atom. The van der Waals surface area contributed by atoms with Crippen LogP contribution in [0.25, 0.3) is 10.9 Å². The molecule has 1 heterocycles. The van der Waals surface area contributed by atoms with Crippen LogP contribution in [0.5, 0.6) is 0 Å². The molecule has 0 spiro atoms. The summed E-state index contributed by atoms with van der Waals surface area (Å²) < 4.78 is 0. The molecule has 0 radical (unpaired) electrons. The van der Waals surface area contributed by atoms with Crippen LogP contribution < -0.4 is 5.32 Å². The highest BCUT2D eigenvalue weighted by Crippen LogP contribution is 2.13. The van der Waals surface area contributed by atoms with Gasteiger partial charge < -0.3 is 15.5 Å². The quantitative estimate of drug-likeness (QED) is 0.625. The first-order valence-corrected chi connectivity index (χ1v) is 5.64. The summed E-state index contributed by atoms with van der Waals surface area (Å²) in [6.07, 6.45) is 0.435. The number of carboxylic acid groups (broad SMARTS) is 1. The molecule has 7 nitrogen and oxygen atoms in total. The predicted molar refractivity (Wildman–Crippen MR) is 66.7 cm³/mol. The van der Waals surface area contributed by atoms with Crippen LogP contribution in [0, 0.1) is 0 Å². The second-order valence-corrected chi connectivity index (χ2v) is 4.20. The number of carbonyl (C=O) groups is 2. The van der Waals surface area contributed by atoms with Gasteiger partial charge >= 0.3 is 5.97 Å². The number of aliphatic hydroxyl groups is 1. The van der Waals surface area contributed by atoms with Gasteiger partial charge in [0.25, 0.3) is 5.91 Å². The Kier molecular flexibility index (Phi) is 3.48. The number of aromatic nitrogens is 2. The molecule has 0 aliphatic rings. The number of aromatic amines is 1. The third kappa shape index (κ3) is 2.71. The van der Waals surface area contributed by atoms with E-state index < -0.39 is 24.0 Å². The highest BCUT2D eigenvalue weighted by molar-refractivity contribution is 5.99. The van der Waals surface area contributed by atoms with Crippen molar-refractivity contribution in [2.75, 3.05) is 0 Å². The summed E-state index contributed by atoms with van der Waals surface area (Å²) in [7, 11) is 0. The van der Waals surface area contributed by atoms with E-state index in [1.807, 2.05) is 0 Å². The van der Waals surface area contributed by atoms with Crippen LogP contribution in [0.1, 0.15) is 17.3 Å². The van der Waals surface area contributed by atoms with Gasteiger partial charge in [-0.05, 0) is 19.1 Å². The number of benzene rings is 1. The minimum atomic E-state index is -1.34. The minimum Gasteiger partial charge on any atom is -0.480 e. The van der Waals surface area contributed by atoms with Gasteiger partial charge in [0.15, 0.2) is 6.04 Å². The lowest BCUT2D eigenvalue weighted by atomic mass is 10.1. The number of hydrogen-bond donors (Lipinski definition) is 4. The highest BCUT2D eigenvalue weighted by atomic mass is 16.4. The molecule has 2 atom stereocenters. The van der Waals surface area contributed by atoms with E-state index in [0.717, 1.165) is 5.39 Å². The topological polar surface area (TPSA) is 115 Å². The molecular weight excluding hydrogens is 250 g/mol. The van der Waals surface area contributed by atoms with Gasteiger partial charge in [-0.1, -0.05) is 6.07 Å². The van der Waals surface area contributed by atoms with Crippen molar-refractivity contribution < 1.29 is 19.8 Å². The number of hydrogen-bond acceptors (Lipinski definition) is 4. The number of nitrogens with one attached hydrogen (secondary N) is 2. The molecule has 1 aromatic carbocycles. The minimum absolute atomic E-state index is 0.295. The average molecular weight is 263 g/mol. The van der Waals surface area contributed by atoms with Crippen LogP contribution in [-0.2, 0) is 4.79 Å². The summed E-state index contributed by atoms with van der Waals surface area (Å²) in [4.78, 5) is 22.8. The van der Waals surface area contributed by atoms with Crippen LogP contribution in [0.2, 0.25) is 0 Å². The molecule has 2 unspecified atom stereocenters. The number of fused-ring (bicyclic) bond motifs is 1. The normalized spacial score (nSPS) is 14.0. The average Bonchev–Trinajstić information content (AvgIpc) is 2.81. The maximum absolute atomic E-state index is 11.9. The summed E-state index contributed by atoms with van der Waals surface area (Å²) in [5, 5.41) is 27.9. The summed E-state index contributed by atoms with van der Waals surface area (Å²) in [5.74, 6) is -1.85. The Morgan fingerprint density at radius 2 is 2.16 bits per heavy atom. The molecule has 0 saturated heterocycles. The number of H-pyrrole nitrogens is 1. The maximum Gasteiger partial charge on any atom is 0.328 e. The zero-order chi connectivity index (χ0) is 14.0. The lowest BCUT2D eigenvalue weighted by molar-refractivity contribution is -0.141. The zero-order valence-electron chi connectivity index (χ0n) is 10.1. The van der Waals surface area contributed by atoms with E-state index in [-0.39, 0.29) is 0 Å². The Morgan fingerprint density at radius 1 is 1.42 bits per heavy atom. The van der Waals surface area contributed by atoms with E-state index in [0.29, 0.717) is 11.1 Å². The number of amides is 1. The van der Waals surface area contributed by atoms with Crippen molar-refractivity contribution in [3.05, 3.63) is 30.0 Å². The molecule has 0 saturated carbocycles. The lowest BCUT2D eigenvalue weighted by Crippen LogP contribution is -2.47. The van der Waals surface area contributed by atoms with Crippen LogP contribution >= 0.6 is 0 Å². The second-order valence-electron chi connectivity index (χ2n) is 4.20. The van der Waals surface area contributed by atoms with Gasteiger partial charge in [-0.2, -0.15) is 5.10 Å². The first-order valence-electron chi connectivity index (χ1n) is 5.64. The number of aliphatic hydroxyl groups excluding tert-OH is 1. The van der Waals surface area contributed by atoms with E-state index in [2.05, 4.69) is 15.5 Å². The number of carboxylic acids is 1. The standard InChI is InChI=1S/C12H13N3O4/c1-6(16)10(12(18)19)14-11(17)7-2-3-8-5-13-15-9(8)4-7/h2-6,10,16H,1H3,(H,13,15)(H,14,17)(H,18,19). The molecular formula is C12H13N3O4. The van der Waals surface area contributed by atoms with Crippen LogP contribution in [0.4, 0.5) is 0 Å². The van der Waals surface area contributed by atoms with Crippen LogP contribution in [0.3, 0.4) is 0 Å². The Hall–Kier alpha value is -2.41. The molecule has 1 amide bonds. The van der Waals surface area contributed by atoms with Crippen molar-refractivity contribution >= 4 is 22.8 Å². The summed E-state index contributed by atoms with van der Waals surface area (Å²) in [6.45, 7) is 1.30. The third-order valence-corrected chi connectivity index (χ3v) is 2.74. The highest BCUT2D eigenvalue weighted by Gasteiger charge is 2.25. The number of aliphatic carboxylic acids is 1. The van der Waals surface area contributed by atoms with Gasteiger partial charge in [-0.3, -0.25) is 9.89 Å². The van der Waals surface area contributed by atoms with Crippen molar-refractivity contribution in [1.82, 2.24) is 15.5 Å². The van der Waals surface area contributed by atoms with Crippen molar-refractivity contribution in [2.45, 2.75) is 19.1 Å². The third-order valence-electron chi connectivity index (χ3n) is 2.74. The van der Waals surface area contributed by atoms with E-state index in [9.17, 15) is 14.7 Å². The van der Waals surface area contributed by atoms with Gasteiger partial charge in [0, 0.05) is 10.9 Å².